The molecule has 4 heteroatoms. The minimum absolute atomic E-state index is 0. The van der Waals surface area contributed by atoms with Gasteiger partial charge in [-0.25, -0.2) is 0 Å². The number of allylic oxidation sites excluding steroid dienone is 1. The summed E-state index contributed by atoms with van der Waals surface area (Å²) < 4.78 is 7.14. The lowest BCUT2D eigenvalue weighted by Crippen LogP contribution is -2.16. The number of hydrogen-bond donors (Lipinski definition) is 1. The predicted molar refractivity (Wildman–Crippen MR) is 115 cm³/mol. The molecule has 0 atom stereocenters. The lowest BCUT2D eigenvalue weighted by molar-refractivity contribution is 0.302. The Balaban J connectivity index is 0.00000243. The molecule has 26 heavy (non-hydrogen) atoms. The second kappa shape index (κ2) is 11.4. The molecule has 0 heterocycles. The molecule has 0 radical (unpaired) electrons. The van der Waals surface area contributed by atoms with Gasteiger partial charge in [0.25, 0.3) is 0 Å². The Bertz CT molecular complexity index is 703. The first-order valence-corrected chi connectivity index (χ1v) is 9.94. The quantitative estimate of drug-likeness (QED) is 0.380. The molecule has 2 nitrogen and oxygen atoms in total. The summed E-state index contributed by atoms with van der Waals surface area (Å²) in [5, 5.41) is 3.57. The molecule has 0 bridgehead atoms. The lowest BCUT2D eigenvalue weighted by Gasteiger charge is -2.15. The van der Waals surface area contributed by atoms with Crippen LogP contribution in [0, 0.1) is 0 Å². The molecule has 140 valence electrons. The molecule has 0 saturated carbocycles. The van der Waals surface area contributed by atoms with Gasteiger partial charge in [-0.1, -0.05) is 57.9 Å². The average molecular weight is 437 g/mol. The Morgan fingerprint density at radius 2 is 1.88 bits per heavy atom. The van der Waals surface area contributed by atoms with Gasteiger partial charge in [-0.15, -0.1) is 12.4 Å². The highest BCUT2D eigenvalue weighted by Gasteiger charge is 2.07. The average Bonchev–Trinajstić information content (AvgIpc) is 2.66. The van der Waals surface area contributed by atoms with E-state index in [-0.39, 0.29) is 12.4 Å². The molecule has 1 N–H and O–H groups in total. The van der Waals surface area contributed by atoms with Gasteiger partial charge >= 0.3 is 0 Å². The van der Waals surface area contributed by atoms with Gasteiger partial charge in [-0.3, -0.25) is 0 Å². The first kappa shape index (κ1) is 21.0. The van der Waals surface area contributed by atoms with E-state index >= 15 is 0 Å². The van der Waals surface area contributed by atoms with Gasteiger partial charge < -0.3 is 10.1 Å². The normalized spacial score (nSPS) is 13.7. The van der Waals surface area contributed by atoms with Gasteiger partial charge in [0.1, 0.15) is 12.4 Å². The zero-order valence-corrected chi connectivity index (χ0v) is 17.4. The van der Waals surface area contributed by atoms with Gasteiger partial charge in [0.15, 0.2) is 0 Å². The van der Waals surface area contributed by atoms with Crippen LogP contribution >= 0.6 is 28.3 Å². The highest BCUT2D eigenvalue weighted by atomic mass is 79.9. The molecule has 2 aromatic carbocycles. The first-order valence-electron chi connectivity index (χ1n) is 9.15. The summed E-state index contributed by atoms with van der Waals surface area (Å²) in [6, 6.07) is 16.5. The third-order valence-electron chi connectivity index (χ3n) is 4.58. The van der Waals surface area contributed by atoms with Crippen LogP contribution in [-0.2, 0) is 13.2 Å². The third-order valence-corrected chi connectivity index (χ3v) is 5.08. The van der Waals surface area contributed by atoms with Crippen LogP contribution in [0.1, 0.15) is 43.2 Å². The standard InChI is InChI=1S/C22H26BrNO.ClH/c23-21-11-12-22(25-17-19-9-5-2-6-10-19)20(15-21)16-24-14-13-18-7-3-1-4-8-18;/h2,5-7,9-12,15,24H,1,3-4,8,13-14,16-17H2;1H. The molecule has 1 aliphatic carbocycles. The fourth-order valence-corrected chi connectivity index (χ4v) is 3.57. The maximum Gasteiger partial charge on any atom is 0.124 e. The number of benzene rings is 2. The minimum Gasteiger partial charge on any atom is -0.489 e. The molecule has 3 rings (SSSR count). The van der Waals surface area contributed by atoms with Gasteiger partial charge in [0.05, 0.1) is 0 Å². The van der Waals surface area contributed by atoms with E-state index in [1.807, 2.05) is 30.3 Å². The van der Waals surface area contributed by atoms with Crippen molar-refractivity contribution >= 4 is 28.3 Å². The van der Waals surface area contributed by atoms with Crippen molar-refractivity contribution in [2.24, 2.45) is 0 Å². The van der Waals surface area contributed by atoms with E-state index < -0.39 is 0 Å². The molecule has 0 fully saturated rings. The molecule has 0 unspecified atom stereocenters. The highest BCUT2D eigenvalue weighted by molar-refractivity contribution is 9.10. The van der Waals surface area contributed by atoms with Gasteiger partial charge in [0, 0.05) is 16.6 Å². The van der Waals surface area contributed by atoms with Gasteiger partial charge in [0.2, 0.25) is 0 Å². The van der Waals surface area contributed by atoms with Crippen LogP contribution in [-0.4, -0.2) is 6.54 Å². The van der Waals surface area contributed by atoms with Crippen molar-refractivity contribution in [3.63, 3.8) is 0 Å². The largest absolute Gasteiger partial charge is 0.489 e. The summed E-state index contributed by atoms with van der Waals surface area (Å²) in [5.74, 6) is 0.955. The maximum absolute atomic E-state index is 6.05. The second-order valence-corrected chi connectivity index (χ2v) is 7.48. The fraction of sp³-hybridized carbons (Fsp3) is 0.364. The molecule has 0 aliphatic heterocycles. The third kappa shape index (κ3) is 6.79. The molecule has 0 spiro atoms. The summed E-state index contributed by atoms with van der Waals surface area (Å²) in [4.78, 5) is 0. The number of ether oxygens (including phenoxy) is 1. The molecule has 0 saturated heterocycles. The Kier molecular flexibility index (Phi) is 9.24. The van der Waals surface area contributed by atoms with Crippen molar-refractivity contribution in [1.29, 1.82) is 0 Å². The zero-order valence-electron chi connectivity index (χ0n) is 15.0. The molecular weight excluding hydrogens is 410 g/mol. The first-order chi connectivity index (χ1) is 12.3. The topological polar surface area (TPSA) is 21.3 Å². The molecular formula is C22H27BrClNO. The van der Waals surface area contributed by atoms with Crippen LogP contribution in [0.2, 0.25) is 0 Å². The lowest BCUT2D eigenvalue weighted by atomic mass is 9.97. The molecule has 0 aromatic heterocycles. The SMILES string of the molecule is Brc1ccc(OCc2ccccc2)c(CNCCC2=CCCCC2)c1.Cl. The molecule has 1 aliphatic rings. The van der Waals surface area contributed by atoms with Crippen molar-refractivity contribution in [1.82, 2.24) is 5.32 Å². The number of halogens is 2. The van der Waals surface area contributed by atoms with Crippen LogP contribution < -0.4 is 10.1 Å². The minimum atomic E-state index is 0. The molecule has 0 amide bonds. The van der Waals surface area contributed by atoms with Crippen molar-refractivity contribution in [3.05, 3.63) is 75.8 Å². The Labute approximate surface area is 171 Å². The van der Waals surface area contributed by atoms with E-state index in [1.165, 1.54) is 36.8 Å². The number of rotatable bonds is 8. The van der Waals surface area contributed by atoms with Crippen LogP contribution in [0.3, 0.4) is 0 Å². The van der Waals surface area contributed by atoms with E-state index in [4.69, 9.17) is 4.74 Å². The fourth-order valence-electron chi connectivity index (χ4n) is 3.17. The monoisotopic (exact) mass is 435 g/mol. The van der Waals surface area contributed by atoms with Gasteiger partial charge in [-0.05, 0) is 62.4 Å². The van der Waals surface area contributed by atoms with Crippen molar-refractivity contribution in [2.75, 3.05) is 6.54 Å². The Morgan fingerprint density at radius 3 is 2.65 bits per heavy atom. The summed E-state index contributed by atoms with van der Waals surface area (Å²) in [5.41, 5.74) is 4.00. The van der Waals surface area contributed by atoms with E-state index in [2.05, 4.69) is 45.5 Å². The van der Waals surface area contributed by atoms with E-state index in [1.54, 1.807) is 5.57 Å². The summed E-state index contributed by atoms with van der Waals surface area (Å²) in [7, 11) is 0. The summed E-state index contributed by atoms with van der Waals surface area (Å²) in [6.45, 7) is 2.45. The summed E-state index contributed by atoms with van der Waals surface area (Å²) in [6.07, 6.45) is 8.85. The Morgan fingerprint density at radius 1 is 1.04 bits per heavy atom. The van der Waals surface area contributed by atoms with Crippen LogP contribution in [0.4, 0.5) is 0 Å². The van der Waals surface area contributed by atoms with Crippen LogP contribution in [0.5, 0.6) is 5.75 Å². The van der Waals surface area contributed by atoms with E-state index in [9.17, 15) is 0 Å². The maximum atomic E-state index is 6.05. The molecule has 2 aromatic rings. The smallest absolute Gasteiger partial charge is 0.124 e. The van der Waals surface area contributed by atoms with Crippen LogP contribution in [0.15, 0.2) is 64.7 Å². The van der Waals surface area contributed by atoms with Crippen LogP contribution in [0.25, 0.3) is 0 Å². The van der Waals surface area contributed by atoms with E-state index in [0.29, 0.717) is 6.61 Å². The van der Waals surface area contributed by atoms with Gasteiger partial charge in [-0.2, -0.15) is 0 Å². The van der Waals surface area contributed by atoms with E-state index in [0.717, 1.165) is 29.7 Å². The zero-order chi connectivity index (χ0) is 17.3. The Hall–Kier alpha value is -1.29. The van der Waals surface area contributed by atoms with Crippen molar-refractivity contribution in [3.8, 4) is 5.75 Å². The van der Waals surface area contributed by atoms with Crippen molar-refractivity contribution < 1.29 is 4.74 Å². The van der Waals surface area contributed by atoms with Crippen molar-refractivity contribution in [2.45, 2.75) is 45.3 Å². The second-order valence-electron chi connectivity index (χ2n) is 6.56. The predicted octanol–water partition coefficient (Wildman–Crippen LogP) is 6.43. The number of nitrogens with one attached hydrogen (secondary N) is 1. The number of hydrogen-bond acceptors (Lipinski definition) is 2. The summed E-state index contributed by atoms with van der Waals surface area (Å²) >= 11 is 3.57. The highest BCUT2D eigenvalue weighted by Crippen LogP contribution is 2.24.